The van der Waals surface area contributed by atoms with Crippen molar-refractivity contribution in [1.29, 1.82) is 0 Å². The highest BCUT2D eigenvalue weighted by Crippen LogP contribution is 2.20. The number of benzene rings is 1. The zero-order valence-electron chi connectivity index (χ0n) is 8.98. The van der Waals surface area contributed by atoms with E-state index < -0.39 is 5.97 Å². The molecule has 0 amide bonds. The van der Waals surface area contributed by atoms with E-state index in [0.29, 0.717) is 15.9 Å². The van der Waals surface area contributed by atoms with Crippen molar-refractivity contribution in [1.82, 2.24) is 5.16 Å². The van der Waals surface area contributed by atoms with Crippen molar-refractivity contribution in [2.45, 2.75) is 6.54 Å². The van der Waals surface area contributed by atoms with Gasteiger partial charge in [-0.1, -0.05) is 5.16 Å². The monoisotopic (exact) mass is 314 g/mol. The van der Waals surface area contributed by atoms with Crippen molar-refractivity contribution >= 4 is 27.6 Å². The van der Waals surface area contributed by atoms with E-state index in [-0.39, 0.29) is 18.1 Å². The summed E-state index contributed by atoms with van der Waals surface area (Å²) in [7, 11) is 0. The quantitative estimate of drug-likeness (QED) is 0.907. The lowest BCUT2D eigenvalue weighted by Gasteiger charge is -2.04. The highest BCUT2D eigenvalue weighted by atomic mass is 79.9. The largest absolute Gasteiger partial charge is 0.476 e. The average molecular weight is 315 g/mol. The molecule has 18 heavy (non-hydrogen) atoms. The van der Waals surface area contributed by atoms with Gasteiger partial charge in [0.25, 0.3) is 0 Å². The fourth-order valence-electron chi connectivity index (χ4n) is 1.29. The molecule has 7 heteroatoms. The average Bonchev–Trinajstić information content (AvgIpc) is 2.79. The van der Waals surface area contributed by atoms with Gasteiger partial charge in [0, 0.05) is 11.8 Å². The first-order valence-corrected chi connectivity index (χ1v) is 5.73. The van der Waals surface area contributed by atoms with E-state index in [1.54, 1.807) is 12.1 Å². The number of nitrogens with zero attached hydrogens (tertiary/aromatic N) is 1. The Balaban J connectivity index is 2.02. The van der Waals surface area contributed by atoms with Gasteiger partial charge in [0.1, 0.15) is 5.82 Å². The van der Waals surface area contributed by atoms with Gasteiger partial charge in [0.05, 0.1) is 11.0 Å². The van der Waals surface area contributed by atoms with Crippen LogP contribution in [-0.4, -0.2) is 16.2 Å². The van der Waals surface area contributed by atoms with Crippen molar-refractivity contribution in [2.24, 2.45) is 0 Å². The molecule has 0 saturated heterocycles. The van der Waals surface area contributed by atoms with E-state index in [1.165, 1.54) is 12.1 Å². The summed E-state index contributed by atoms with van der Waals surface area (Å²) >= 11 is 3.07. The minimum atomic E-state index is -1.14. The number of carboxylic acids is 1. The van der Waals surface area contributed by atoms with Gasteiger partial charge < -0.3 is 14.9 Å². The Kier molecular flexibility index (Phi) is 3.61. The van der Waals surface area contributed by atoms with Gasteiger partial charge in [-0.05, 0) is 34.1 Å². The highest BCUT2D eigenvalue weighted by molar-refractivity contribution is 9.10. The standard InChI is InChI=1S/C11H8BrFN2O3/c12-8-3-6(1-2-9(8)13)14-5-7-4-10(11(16)17)15-18-7/h1-4,14H,5H2,(H,16,17). The molecule has 2 N–H and O–H groups in total. The molecule has 0 radical (unpaired) electrons. The molecule has 1 heterocycles. The van der Waals surface area contributed by atoms with Crippen LogP contribution in [0.15, 0.2) is 33.3 Å². The third kappa shape index (κ3) is 2.86. The fourth-order valence-corrected chi connectivity index (χ4v) is 1.67. The van der Waals surface area contributed by atoms with E-state index in [4.69, 9.17) is 9.63 Å². The lowest BCUT2D eigenvalue weighted by Crippen LogP contribution is -1.99. The highest BCUT2D eigenvalue weighted by Gasteiger charge is 2.10. The molecule has 94 valence electrons. The van der Waals surface area contributed by atoms with E-state index in [1.807, 2.05) is 0 Å². The van der Waals surface area contributed by atoms with Gasteiger partial charge in [0.15, 0.2) is 11.5 Å². The second-order valence-corrected chi connectivity index (χ2v) is 4.32. The number of aromatic nitrogens is 1. The Morgan fingerprint density at radius 3 is 2.89 bits per heavy atom. The molecule has 5 nitrogen and oxygen atoms in total. The van der Waals surface area contributed by atoms with Crippen LogP contribution in [0.5, 0.6) is 0 Å². The van der Waals surface area contributed by atoms with Crippen LogP contribution in [0.2, 0.25) is 0 Å². The fraction of sp³-hybridized carbons (Fsp3) is 0.0909. The molecule has 0 saturated carbocycles. The molecule has 0 aliphatic heterocycles. The van der Waals surface area contributed by atoms with Crippen molar-refractivity contribution in [3.05, 3.63) is 46.0 Å². The summed E-state index contributed by atoms with van der Waals surface area (Å²) in [6, 6.07) is 5.78. The number of hydrogen-bond acceptors (Lipinski definition) is 4. The maximum atomic E-state index is 13.0. The molecule has 0 aliphatic rings. The lowest BCUT2D eigenvalue weighted by atomic mass is 10.3. The number of anilines is 1. The van der Waals surface area contributed by atoms with E-state index >= 15 is 0 Å². The summed E-state index contributed by atoms with van der Waals surface area (Å²) in [5, 5.41) is 15.0. The van der Waals surface area contributed by atoms with E-state index in [9.17, 15) is 9.18 Å². The topological polar surface area (TPSA) is 75.4 Å². The lowest BCUT2D eigenvalue weighted by molar-refractivity contribution is 0.0685. The number of carbonyl (C=O) groups is 1. The van der Waals surface area contributed by atoms with Crippen LogP contribution in [0, 0.1) is 5.82 Å². The van der Waals surface area contributed by atoms with Crippen molar-refractivity contribution < 1.29 is 18.8 Å². The predicted molar refractivity (Wildman–Crippen MR) is 64.9 cm³/mol. The summed E-state index contributed by atoms with van der Waals surface area (Å²) in [6.45, 7) is 0.262. The van der Waals surface area contributed by atoms with E-state index in [2.05, 4.69) is 26.4 Å². The molecule has 0 unspecified atom stereocenters. The summed E-state index contributed by atoms with van der Waals surface area (Å²) in [6.07, 6.45) is 0. The summed E-state index contributed by atoms with van der Waals surface area (Å²) in [5.41, 5.74) is 0.531. The second kappa shape index (κ2) is 5.18. The molecular formula is C11H8BrFN2O3. The smallest absolute Gasteiger partial charge is 0.358 e. The summed E-state index contributed by atoms with van der Waals surface area (Å²) in [5.74, 6) is -1.12. The van der Waals surface area contributed by atoms with Crippen molar-refractivity contribution in [3.63, 3.8) is 0 Å². The van der Waals surface area contributed by atoms with E-state index in [0.717, 1.165) is 0 Å². The molecule has 2 rings (SSSR count). The molecule has 1 aromatic heterocycles. The van der Waals surface area contributed by atoms with Crippen LogP contribution in [0.3, 0.4) is 0 Å². The normalized spacial score (nSPS) is 10.3. The zero-order chi connectivity index (χ0) is 13.1. The SMILES string of the molecule is O=C(O)c1cc(CNc2ccc(F)c(Br)c2)on1. The Labute approximate surface area is 110 Å². The van der Waals surface area contributed by atoms with Crippen LogP contribution in [0.4, 0.5) is 10.1 Å². The Morgan fingerprint density at radius 1 is 1.50 bits per heavy atom. The number of hydrogen-bond donors (Lipinski definition) is 2. The molecule has 2 aromatic rings. The Morgan fingerprint density at radius 2 is 2.28 bits per heavy atom. The first-order chi connectivity index (χ1) is 8.56. The number of carboxylic acid groups (broad SMARTS) is 1. The first-order valence-electron chi connectivity index (χ1n) is 4.94. The molecule has 0 bridgehead atoms. The van der Waals surface area contributed by atoms with Crippen molar-refractivity contribution in [2.75, 3.05) is 5.32 Å². The van der Waals surface area contributed by atoms with Crippen LogP contribution < -0.4 is 5.32 Å². The van der Waals surface area contributed by atoms with Crippen LogP contribution in [0.25, 0.3) is 0 Å². The minimum Gasteiger partial charge on any atom is -0.476 e. The summed E-state index contributed by atoms with van der Waals surface area (Å²) < 4.78 is 18.2. The third-order valence-electron chi connectivity index (χ3n) is 2.16. The van der Waals surface area contributed by atoms with Crippen LogP contribution in [-0.2, 0) is 6.54 Å². The molecule has 1 aromatic carbocycles. The molecule has 0 fully saturated rings. The van der Waals surface area contributed by atoms with Gasteiger partial charge >= 0.3 is 5.97 Å². The van der Waals surface area contributed by atoms with Crippen LogP contribution in [0.1, 0.15) is 16.2 Å². The molecular weight excluding hydrogens is 307 g/mol. The van der Waals surface area contributed by atoms with Crippen molar-refractivity contribution in [3.8, 4) is 0 Å². The van der Waals surface area contributed by atoms with Gasteiger partial charge in [-0.2, -0.15) is 0 Å². The summed E-state index contributed by atoms with van der Waals surface area (Å²) in [4.78, 5) is 10.6. The van der Waals surface area contributed by atoms with Crippen LogP contribution >= 0.6 is 15.9 Å². The maximum Gasteiger partial charge on any atom is 0.358 e. The maximum absolute atomic E-state index is 13.0. The number of rotatable bonds is 4. The number of halogens is 2. The van der Waals surface area contributed by atoms with Gasteiger partial charge in [0.2, 0.25) is 0 Å². The Bertz CT molecular complexity index is 585. The molecule has 0 aliphatic carbocycles. The van der Waals surface area contributed by atoms with Gasteiger partial charge in [-0.15, -0.1) is 0 Å². The zero-order valence-corrected chi connectivity index (χ0v) is 10.6. The molecule has 0 atom stereocenters. The second-order valence-electron chi connectivity index (χ2n) is 3.47. The molecule has 0 spiro atoms. The van der Waals surface area contributed by atoms with Gasteiger partial charge in [-0.25, -0.2) is 9.18 Å². The first kappa shape index (κ1) is 12.6. The Hall–Kier alpha value is -1.89. The minimum absolute atomic E-state index is 0.146. The predicted octanol–water partition coefficient (Wildman–Crippen LogP) is 2.89. The number of aromatic carboxylic acids is 1. The number of nitrogens with one attached hydrogen (secondary N) is 1. The van der Waals surface area contributed by atoms with Gasteiger partial charge in [-0.3, -0.25) is 0 Å². The third-order valence-corrected chi connectivity index (χ3v) is 2.77.